The zero-order valence-corrected chi connectivity index (χ0v) is 20.7. The first kappa shape index (κ1) is 22.8. The van der Waals surface area contributed by atoms with Crippen LogP contribution in [-0.4, -0.2) is 21.5 Å². The van der Waals surface area contributed by atoms with Crippen molar-refractivity contribution in [3.8, 4) is 5.75 Å². The predicted octanol–water partition coefficient (Wildman–Crippen LogP) is 6.18. The predicted molar refractivity (Wildman–Crippen MR) is 132 cm³/mol. The summed E-state index contributed by atoms with van der Waals surface area (Å²) >= 11 is 3.49. The van der Waals surface area contributed by atoms with Crippen LogP contribution in [0.3, 0.4) is 0 Å². The van der Waals surface area contributed by atoms with Gasteiger partial charge in [0.1, 0.15) is 5.75 Å². The van der Waals surface area contributed by atoms with E-state index in [4.69, 9.17) is 9.16 Å². The van der Waals surface area contributed by atoms with Crippen LogP contribution < -0.4 is 15.1 Å². The number of hydrogen-bond donors (Lipinski definition) is 0. The summed E-state index contributed by atoms with van der Waals surface area (Å²) in [7, 11) is -2.43. The highest BCUT2D eigenvalue weighted by atomic mass is 79.9. The molecule has 0 unspecified atom stereocenters. The minimum Gasteiger partial charge on any atom is -0.494 e. The van der Waals surface area contributed by atoms with Gasteiger partial charge in [0, 0.05) is 11.1 Å². The summed E-state index contributed by atoms with van der Waals surface area (Å²) in [6, 6.07) is 29.6. The number of unbranched alkanes of at least 4 members (excludes halogenated alkanes) is 1. The molecule has 0 aliphatic heterocycles. The Kier molecular flexibility index (Phi) is 7.92. The molecule has 0 bridgehead atoms. The molecule has 0 aliphatic rings. The summed E-state index contributed by atoms with van der Waals surface area (Å²) < 4.78 is 13.8. The molecule has 0 heterocycles. The average Bonchev–Trinajstić information content (AvgIpc) is 2.74. The zero-order valence-electron chi connectivity index (χ0n) is 18.1. The van der Waals surface area contributed by atoms with E-state index in [0.29, 0.717) is 6.61 Å². The van der Waals surface area contributed by atoms with Crippen molar-refractivity contribution in [2.75, 3.05) is 13.2 Å². The second kappa shape index (κ2) is 10.4. The van der Waals surface area contributed by atoms with E-state index in [2.05, 4.69) is 97.4 Å². The Labute approximate surface area is 190 Å². The van der Waals surface area contributed by atoms with Crippen LogP contribution in [0.25, 0.3) is 0 Å². The number of benzene rings is 3. The summed E-state index contributed by atoms with van der Waals surface area (Å²) in [5.74, 6) is 0.900. The van der Waals surface area contributed by atoms with Crippen molar-refractivity contribution in [1.82, 2.24) is 0 Å². The molecule has 2 nitrogen and oxygen atoms in total. The molecular formula is C26H31BrO2Si. The standard InChI is InChI=1S/C26H31BrO2Si/c1-26(2,3)30(24-15-6-4-7-16-24,25-17-8-5-9-18-25)29-20-11-10-19-28-23-14-12-13-22(27)21-23/h4-9,12-18,21H,10-11,19-20H2,1-3H3. The smallest absolute Gasteiger partial charge is 0.261 e. The van der Waals surface area contributed by atoms with Crippen LogP contribution in [0, 0.1) is 0 Å². The van der Waals surface area contributed by atoms with Crippen LogP contribution >= 0.6 is 15.9 Å². The van der Waals surface area contributed by atoms with Crippen LogP contribution in [0.2, 0.25) is 5.04 Å². The molecule has 0 atom stereocenters. The van der Waals surface area contributed by atoms with Gasteiger partial charge in [0.15, 0.2) is 0 Å². The molecule has 0 aliphatic carbocycles. The summed E-state index contributed by atoms with van der Waals surface area (Å²) in [6.45, 7) is 8.37. The summed E-state index contributed by atoms with van der Waals surface area (Å²) in [4.78, 5) is 0. The van der Waals surface area contributed by atoms with Gasteiger partial charge in [-0.05, 0) is 46.5 Å². The second-order valence-corrected chi connectivity index (χ2v) is 13.7. The van der Waals surface area contributed by atoms with Crippen LogP contribution in [-0.2, 0) is 4.43 Å². The van der Waals surface area contributed by atoms with Gasteiger partial charge in [0.2, 0.25) is 0 Å². The molecule has 0 saturated carbocycles. The fourth-order valence-electron chi connectivity index (χ4n) is 3.94. The van der Waals surface area contributed by atoms with Gasteiger partial charge in [-0.25, -0.2) is 0 Å². The maximum absolute atomic E-state index is 6.91. The molecule has 30 heavy (non-hydrogen) atoms. The molecule has 0 fully saturated rings. The summed E-state index contributed by atoms with van der Waals surface area (Å²) in [5.41, 5.74) is 0. The Morgan fingerprint density at radius 3 is 1.83 bits per heavy atom. The van der Waals surface area contributed by atoms with Gasteiger partial charge in [-0.2, -0.15) is 0 Å². The number of halogens is 1. The molecule has 0 spiro atoms. The molecule has 3 rings (SSSR count). The van der Waals surface area contributed by atoms with Crippen LogP contribution in [0.1, 0.15) is 33.6 Å². The van der Waals surface area contributed by atoms with Crippen LogP contribution in [0.15, 0.2) is 89.4 Å². The summed E-state index contributed by atoms with van der Waals surface area (Å²) in [5, 5.41) is 2.67. The van der Waals surface area contributed by atoms with Crippen molar-refractivity contribution in [2.45, 2.75) is 38.7 Å². The van der Waals surface area contributed by atoms with Crippen molar-refractivity contribution >= 4 is 34.6 Å². The Hall–Kier alpha value is -1.88. The van der Waals surface area contributed by atoms with Crippen molar-refractivity contribution in [3.63, 3.8) is 0 Å². The Bertz CT molecular complexity index is 868. The molecule has 3 aromatic rings. The lowest BCUT2D eigenvalue weighted by molar-refractivity contribution is 0.257. The zero-order chi connectivity index (χ0) is 21.5. The van der Waals surface area contributed by atoms with Crippen molar-refractivity contribution in [3.05, 3.63) is 89.4 Å². The SMILES string of the molecule is CC(C)(C)[Si](OCCCCOc1cccc(Br)c1)(c1ccccc1)c1ccccc1. The molecule has 0 N–H and O–H groups in total. The summed E-state index contributed by atoms with van der Waals surface area (Å²) in [6.07, 6.45) is 1.93. The maximum Gasteiger partial charge on any atom is 0.261 e. The topological polar surface area (TPSA) is 18.5 Å². The van der Waals surface area contributed by atoms with Crippen molar-refractivity contribution in [2.24, 2.45) is 0 Å². The number of rotatable bonds is 9. The van der Waals surface area contributed by atoms with E-state index in [1.54, 1.807) is 0 Å². The van der Waals surface area contributed by atoms with Gasteiger partial charge >= 0.3 is 0 Å². The minimum atomic E-state index is -2.43. The minimum absolute atomic E-state index is 0.0164. The lowest BCUT2D eigenvalue weighted by Crippen LogP contribution is -2.66. The van der Waals surface area contributed by atoms with E-state index in [9.17, 15) is 0 Å². The van der Waals surface area contributed by atoms with Crippen molar-refractivity contribution < 1.29 is 9.16 Å². The Morgan fingerprint density at radius 2 is 1.30 bits per heavy atom. The van der Waals surface area contributed by atoms with E-state index in [-0.39, 0.29) is 5.04 Å². The second-order valence-electron chi connectivity index (χ2n) is 8.52. The molecule has 0 aromatic heterocycles. The first-order valence-electron chi connectivity index (χ1n) is 10.6. The third-order valence-electron chi connectivity index (χ3n) is 5.34. The largest absolute Gasteiger partial charge is 0.494 e. The average molecular weight is 484 g/mol. The van der Waals surface area contributed by atoms with E-state index in [1.165, 1.54) is 10.4 Å². The third kappa shape index (κ3) is 5.42. The molecule has 158 valence electrons. The van der Waals surface area contributed by atoms with Gasteiger partial charge in [-0.1, -0.05) is 103 Å². The lowest BCUT2D eigenvalue weighted by Gasteiger charge is -2.43. The normalized spacial score (nSPS) is 12.0. The van der Waals surface area contributed by atoms with Gasteiger partial charge < -0.3 is 9.16 Å². The first-order valence-corrected chi connectivity index (χ1v) is 13.3. The van der Waals surface area contributed by atoms with Gasteiger partial charge in [-0.3, -0.25) is 0 Å². The lowest BCUT2D eigenvalue weighted by atomic mass is 10.2. The quantitative estimate of drug-likeness (QED) is 0.267. The molecular weight excluding hydrogens is 452 g/mol. The Balaban J connectivity index is 1.70. The molecule has 0 amide bonds. The van der Waals surface area contributed by atoms with E-state index < -0.39 is 8.32 Å². The highest BCUT2D eigenvalue weighted by molar-refractivity contribution is 9.10. The Morgan fingerprint density at radius 1 is 0.733 bits per heavy atom. The third-order valence-corrected chi connectivity index (χ3v) is 10.9. The van der Waals surface area contributed by atoms with Gasteiger partial charge in [0.05, 0.1) is 6.61 Å². The van der Waals surface area contributed by atoms with Gasteiger partial charge in [-0.15, -0.1) is 0 Å². The van der Waals surface area contributed by atoms with Crippen LogP contribution in [0.4, 0.5) is 0 Å². The molecule has 0 saturated heterocycles. The molecule has 4 heteroatoms. The maximum atomic E-state index is 6.91. The fourth-order valence-corrected chi connectivity index (χ4v) is 8.92. The molecule has 3 aromatic carbocycles. The first-order chi connectivity index (χ1) is 14.4. The van der Waals surface area contributed by atoms with Gasteiger partial charge in [0.25, 0.3) is 8.32 Å². The monoisotopic (exact) mass is 482 g/mol. The van der Waals surface area contributed by atoms with E-state index >= 15 is 0 Å². The fraction of sp³-hybridized carbons (Fsp3) is 0.308. The molecule has 0 radical (unpaired) electrons. The highest BCUT2D eigenvalue weighted by Gasteiger charge is 2.49. The van der Waals surface area contributed by atoms with Crippen molar-refractivity contribution in [1.29, 1.82) is 0 Å². The number of hydrogen-bond acceptors (Lipinski definition) is 2. The highest BCUT2D eigenvalue weighted by Crippen LogP contribution is 2.36. The van der Waals surface area contributed by atoms with Crippen LogP contribution in [0.5, 0.6) is 5.75 Å². The van der Waals surface area contributed by atoms with E-state index in [1.807, 2.05) is 24.3 Å². The number of ether oxygens (including phenoxy) is 1. The van der Waals surface area contributed by atoms with E-state index in [0.717, 1.165) is 29.7 Å².